The number of Topliss-reactive ketones (excluding diaryl/α,β-unsaturated/α-hetero) is 1. The summed E-state index contributed by atoms with van der Waals surface area (Å²) in [7, 11) is 0. The van der Waals surface area contributed by atoms with Crippen LogP contribution in [0.5, 0.6) is 0 Å². The molecule has 2 fully saturated rings. The van der Waals surface area contributed by atoms with Crippen molar-refractivity contribution in [2.24, 2.45) is 11.8 Å². The van der Waals surface area contributed by atoms with Crippen LogP contribution in [0.4, 0.5) is 4.39 Å². The fourth-order valence-electron chi connectivity index (χ4n) is 2.01. The average Bonchev–Trinajstić information content (AvgIpc) is 2.36. The van der Waals surface area contributed by atoms with E-state index in [9.17, 15) is 9.18 Å². The molecule has 0 N–H and O–H groups in total. The van der Waals surface area contributed by atoms with Crippen LogP contribution >= 0.6 is 0 Å². The van der Waals surface area contributed by atoms with E-state index < -0.39 is 5.67 Å². The summed E-state index contributed by atoms with van der Waals surface area (Å²) in [5.74, 6) is 0.0208. The van der Waals surface area contributed by atoms with Crippen molar-refractivity contribution < 1.29 is 9.18 Å². The first kappa shape index (κ1) is 8.26. The molecule has 0 spiro atoms. The smallest absolute Gasteiger partial charge is 0.139 e. The van der Waals surface area contributed by atoms with E-state index in [2.05, 4.69) is 12.8 Å². The van der Waals surface area contributed by atoms with Crippen LogP contribution in [-0.2, 0) is 4.79 Å². The second-order valence-electron chi connectivity index (χ2n) is 3.24. The Morgan fingerprint density at radius 3 is 2.36 bits per heavy atom. The molecule has 2 aliphatic rings. The molecule has 60 valence electrons. The second kappa shape index (κ2) is 2.34. The highest BCUT2D eigenvalue weighted by Gasteiger charge is 2.68. The van der Waals surface area contributed by atoms with Gasteiger partial charge in [0.15, 0.2) is 0 Å². The monoisotopic (exact) mass is 154 g/mol. The van der Waals surface area contributed by atoms with Crippen molar-refractivity contribution in [3.05, 3.63) is 0 Å². The summed E-state index contributed by atoms with van der Waals surface area (Å²) in [5.41, 5.74) is -1.12. The SMILES string of the molecule is C#C.C[C@]1(F)C2CCC(=O)C21. The number of ketones is 1. The standard InChI is InChI=1S/C7H9FO.C2H2/c1-7(8)4-2-3-5(9)6(4)7;1-2/h4,6H,2-3H2,1H3;1-2H/t4?,6?,7-;/m0./s1. The molecular formula is C9H11FO. The van der Waals surface area contributed by atoms with Crippen molar-refractivity contribution in [3.8, 4) is 12.8 Å². The van der Waals surface area contributed by atoms with Gasteiger partial charge in [-0.2, -0.15) is 0 Å². The third-order valence-corrected chi connectivity index (χ3v) is 2.67. The topological polar surface area (TPSA) is 17.1 Å². The molecule has 0 aromatic carbocycles. The lowest BCUT2D eigenvalue weighted by molar-refractivity contribution is -0.120. The number of halogens is 1. The third-order valence-electron chi connectivity index (χ3n) is 2.67. The van der Waals surface area contributed by atoms with Crippen molar-refractivity contribution in [1.29, 1.82) is 0 Å². The summed E-state index contributed by atoms with van der Waals surface area (Å²) in [4.78, 5) is 10.8. The Bertz CT molecular complexity index is 205. The van der Waals surface area contributed by atoms with Gasteiger partial charge in [0, 0.05) is 12.3 Å². The van der Waals surface area contributed by atoms with Crippen LogP contribution in [0.25, 0.3) is 0 Å². The number of hydrogen-bond acceptors (Lipinski definition) is 1. The lowest BCUT2D eigenvalue weighted by Crippen LogP contribution is -2.08. The van der Waals surface area contributed by atoms with Crippen LogP contribution < -0.4 is 0 Å². The molecule has 0 aromatic heterocycles. The van der Waals surface area contributed by atoms with Gasteiger partial charge < -0.3 is 0 Å². The molecule has 0 saturated heterocycles. The molecule has 0 aliphatic heterocycles. The van der Waals surface area contributed by atoms with Gasteiger partial charge in [0.25, 0.3) is 0 Å². The molecule has 2 saturated carbocycles. The average molecular weight is 154 g/mol. The molecule has 3 atom stereocenters. The van der Waals surface area contributed by atoms with E-state index in [0.717, 1.165) is 6.42 Å². The van der Waals surface area contributed by atoms with E-state index in [1.54, 1.807) is 6.92 Å². The predicted octanol–water partition coefficient (Wildman–Crippen LogP) is 1.57. The molecular weight excluding hydrogens is 143 g/mol. The first-order valence-corrected chi connectivity index (χ1v) is 3.69. The van der Waals surface area contributed by atoms with Gasteiger partial charge in [0.05, 0.1) is 5.92 Å². The molecule has 0 radical (unpaired) electrons. The fraction of sp³-hybridized carbons (Fsp3) is 0.667. The maximum Gasteiger partial charge on any atom is 0.139 e. The molecule has 2 heteroatoms. The molecule has 2 rings (SSSR count). The second-order valence-corrected chi connectivity index (χ2v) is 3.24. The first-order chi connectivity index (χ1) is 5.14. The summed E-state index contributed by atoms with van der Waals surface area (Å²) < 4.78 is 12.9. The van der Waals surface area contributed by atoms with Crippen LogP contribution in [0, 0.1) is 24.7 Å². The van der Waals surface area contributed by atoms with Gasteiger partial charge in [-0.1, -0.05) is 0 Å². The maximum atomic E-state index is 12.9. The molecule has 0 aromatic rings. The summed E-state index contributed by atoms with van der Waals surface area (Å²) in [6.07, 6.45) is 9.41. The molecule has 2 unspecified atom stereocenters. The number of hydrogen-bond donors (Lipinski definition) is 0. The quantitative estimate of drug-likeness (QED) is 0.484. The number of carbonyl (C=O) groups excluding carboxylic acids is 1. The Balaban J connectivity index is 0.000000281. The highest BCUT2D eigenvalue weighted by molar-refractivity contribution is 5.88. The van der Waals surface area contributed by atoms with Crippen molar-refractivity contribution in [3.63, 3.8) is 0 Å². The van der Waals surface area contributed by atoms with Crippen LogP contribution in [0.3, 0.4) is 0 Å². The number of rotatable bonds is 0. The minimum absolute atomic E-state index is 0.0880. The summed E-state index contributed by atoms with van der Waals surface area (Å²) in [6.45, 7) is 1.54. The minimum atomic E-state index is -1.12. The molecule has 0 amide bonds. The zero-order chi connectivity index (χ0) is 8.65. The molecule has 0 bridgehead atoms. The van der Waals surface area contributed by atoms with Crippen molar-refractivity contribution in [1.82, 2.24) is 0 Å². The number of carbonyl (C=O) groups is 1. The van der Waals surface area contributed by atoms with Crippen LogP contribution in [0.15, 0.2) is 0 Å². The van der Waals surface area contributed by atoms with E-state index >= 15 is 0 Å². The Hall–Kier alpha value is -0.840. The molecule has 11 heavy (non-hydrogen) atoms. The van der Waals surface area contributed by atoms with E-state index in [-0.39, 0.29) is 17.6 Å². The normalized spacial score (nSPS) is 45.6. The van der Waals surface area contributed by atoms with Crippen molar-refractivity contribution >= 4 is 5.78 Å². The van der Waals surface area contributed by atoms with E-state index in [1.807, 2.05) is 0 Å². The van der Waals surface area contributed by atoms with Gasteiger partial charge in [-0.3, -0.25) is 4.79 Å². The number of terminal acetylenes is 1. The first-order valence-electron chi connectivity index (χ1n) is 3.69. The Morgan fingerprint density at radius 2 is 2.18 bits per heavy atom. The van der Waals surface area contributed by atoms with E-state index in [1.165, 1.54) is 0 Å². The Labute approximate surface area is 66.0 Å². The Kier molecular flexibility index (Phi) is 1.75. The summed E-state index contributed by atoms with van der Waals surface area (Å²) in [6, 6.07) is 0. The van der Waals surface area contributed by atoms with Gasteiger partial charge in [-0.05, 0) is 13.3 Å². The van der Waals surface area contributed by atoms with Gasteiger partial charge >= 0.3 is 0 Å². The lowest BCUT2D eigenvalue weighted by Gasteiger charge is -2.00. The highest BCUT2D eigenvalue weighted by atomic mass is 19.1. The third kappa shape index (κ3) is 0.956. The zero-order valence-corrected chi connectivity index (χ0v) is 6.51. The number of alkyl halides is 1. The summed E-state index contributed by atoms with van der Waals surface area (Å²) >= 11 is 0. The molecule has 0 heterocycles. The highest BCUT2D eigenvalue weighted by Crippen LogP contribution is 2.60. The van der Waals surface area contributed by atoms with Crippen molar-refractivity contribution in [2.75, 3.05) is 0 Å². The number of fused-ring (bicyclic) bond motifs is 1. The van der Waals surface area contributed by atoms with Gasteiger partial charge in [0.1, 0.15) is 11.5 Å². The Morgan fingerprint density at radius 1 is 1.64 bits per heavy atom. The van der Waals surface area contributed by atoms with Gasteiger partial charge in [-0.15, -0.1) is 12.8 Å². The zero-order valence-electron chi connectivity index (χ0n) is 6.51. The van der Waals surface area contributed by atoms with Crippen LogP contribution in [0.1, 0.15) is 19.8 Å². The minimum Gasteiger partial charge on any atom is -0.299 e. The largest absolute Gasteiger partial charge is 0.299 e. The lowest BCUT2D eigenvalue weighted by atomic mass is 10.1. The van der Waals surface area contributed by atoms with E-state index in [0.29, 0.717) is 6.42 Å². The van der Waals surface area contributed by atoms with Crippen molar-refractivity contribution in [2.45, 2.75) is 25.4 Å². The molecule has 1 nitrogen and oxygen atoms in total. The molecule has 2 aliphatic carbocycles. The maximum absolute atomic E-state index is 12.9. The fourth-order valence-corrected chi connectivity index (χ4v) is 2.01. The van der Waals surface area contributed by atoms with Gasteiger partial charge in [0.2, 0.25) is 0 Å². The van der Waals surface area contributed by atoms with Crippen LogP contribution in [0.2, 0.25) is 0 Å². The predicted molar refractivity (Wildman–Crippen MR) is 40.6 cm³/mol. The summed E-state index contributed by atoms with van der Waals surface area (Å²) in [5, 5.41) is 0. The van der Waals surface area contributed by atoms with Gasteiger partial charge in [-0.25, -0.2) is 4.39 Å². The van der Waals surface area contributed by atoms with Crippen LogP contribution in [-0.4, -0.2) is 11.5 Å². The van der Waals surface area contributed by atoms with E-state index in [4.69, 9.17) is 0 Å².